The Labute approximate surface area is 98.6 Å². The minimum atomic E-state index is -3.08. The first-order valence-corrected chi connectivity index (χ1v) is 7.31. The molecule has 0 aromatic heterocycles. The van der Waals surface area contributed by atoms with Gasteiger partial charge in [-0.3, -0.25) is 0 Å². The van der Waals surface area contributed by atoms with Crippen molar-refractivity contribution in [3.05, 3.63) is 29.8 Å². The van der Waals surface area contributed by atoms with Gasteiger partial charge >= 0.3 is 0 Å². The highest BCUT2D eigenvalue weighted by atomic mass is 32.2. The molecule has 0 bridgehead atoms. The molecule has 0 saturated heterocycles. The molecule has 0 N–H and O–H groups in total. The molecule has 0 aliphatic rings. The summed E-state index contributed by atoms with van der Waals surface area (Å²) in [5.74, 6) is 0.404. The van der Waals surface area contributed by atoms with E-state index in [4.69, 9.17) is 0 Å². The van der Waals surface area contributed by atoms with E-state index in [-0.39, 0.29) is 5.41 Å². The number of hydrogen-bond donors (Lipinski definition) is 0. The predicted octanol–water partition coefficient (Wildman–Crippen LogP) is 3.24. The second-order valence-corrected chi connectivity index (χ2v) is 7.44. The average molecular weight is 240 g/mol. The van der Waals surface area contributed by atoms with Gasteiger partial charge in [-0.1, -0.05) is 39.8 Å². The van der Waals surface area contributed by atoms with E-state index in [0.29, 0.717) is 10.8 Å². The second-order valence-electron chi connectivity index (χ2n) is 5.43. The third-order valence-corrected chi connectivity index (χ3v) is 4.24. The summed E-state index contributed by atoms with van der Waals surface area (Å²) in [6.45, 7) is 8.71. The van der Waals surface area contributed by atoms with E-state index in [2.05, 4.69) is 27.7 Å². The molecule has 1 atom stereocenters. The Balaban J connectivity index is 3.05. The zero-order chi connectivity index (χ0) is 12.6. The zero-order valence-electron chi connectivity index (χ0n) is 10.6. The third-order valence-electron chi connectivity index (χ3n) is 3.11. The van der Waals surface area contributed by atoms with Crippen LogP contribution in [0.4, 0.5) is 0 Å². The average Bonchev–Trinajstić information content (AvgIpc) is 2.14. The lowest BCUT2D eigenvalue weighted by Crippen LogP contribution is -2.15. The molecule has 1 unspecified atom stereocenters. The van der Waals surface area contributed by atoms with E-state index in [9.17, 15) is 8.42 Å². The van der Waals surface area contributed by atoms with Gasteiger partial charge in [0.15, 0.2) is 9.84 Å². The van der Waals surface area contributed by atoms with Gasteiger partial charge in [0.2, 0.25) is 0 Å². The first kappa shape index (κ1) is 13.2. The lowest BCUT2D eigenvalue weighted by molar-refractivity contribution is 0.339. The Morgan fingerprint density at radius 2 is 1.50 bits per heavy atom. The fraction of sp³-hybridized carbons (Fsp3) is 0.538. The highest BCUT2D eigenvalue weighted by Crippen LogP contribution is 2.34. The largest absolute Gasteiger partial charge is 0.224 e. The minimum Gasteiger partial charge on any atom is -0.224 e. The number of rotatable bonds is 2. The topological polar surface area (TPSA) is 34.1 Å². The molecule has 0 radical (unpaired) electrons. The van der Waals surface area contributed by atoms with Gasteiger partial charge in [-0.15, -0.1) is 0 Å². The Morgan fingerprint density at radius 3 is 1.81 bits per heavy atom. The second kappa shape index (κ2) is 4.21. The van der Waals surface area contributed by atoms with Crippen LogP contribution in [0.1, 0.15) is 39.2 Å². The highest BCUT2D eigenvalue weighted by Gasteiger charge is 2.21. The molecule has 1 aromatic rings. The molecule has 0 saturated carbocycles. The monoisotopic (exact) mass is 240 g/mol. The number of hydrogen-bond acceptors (Lipinski definition) is 2. The molecular weight excluding hydrogens is 220 g/mol. The van der Waals surface area contributed by atoms with Gasteiger partial charge < -0.3 is 0 Å². The van der Waals surface area contributed by atoms with Crippen molar-refractivity contribution in [3.63, 3.8) is 0 Å². The van der Waals surface area contributed by atoms with E-state index >= 15 is 0 Å². The van der Waals surface area contributed by atoms with Gasteiger partial charge in [-0.25, -0.2) is 8.42 Å². The predicted molar refractivity (Wildman–Crippen MR) is 67.4 cm³/mol. The molecule has 0 aliphatic heterocycles. The quantitative estimate of drug-likeness (QED) is 0.795. The van der Waals surface area contributed by atoms with Crippen molar-refractivity contribution in [1.82, 2.24) is 0 Å². The van der Waals surface area contributed by atoms with Crippen LogP contribution in [-0.4, -0.2) is 14.7 Å². The summed E-state index contributed by atoms with van der Waals surface area (Å²) >= 11 is 0. The van der Waals surface area contributed by atoms with E-state index in [1.165, 1.54) is 11.8 Å². The van der Waals surface area contributed by atoms with E-state index in [0.717, 1.165) is 0 Å². The van der Waals surface area contributed by atoms with Gasteiger partial charge in [0.1, 0.15) is 0 Å². The highest BCUT2D eigenvalue weighted by molar-refractivity contribution is 7.90. The first-order chi connectivity index (χ1) is 7.12. The molecule has 0 fully saturated rings. The van der Waals surface area contributed by atoms with Crippen LogP contribution in [0.2, 0.25) is 0 Å². The van der Waals surface area contributed by atoms with Crippen molar-refractivity contribution in [2.45, 2.75) is 38.5 Å². The van der Waals surface area contributed by atoms with Crippen LogP contribution in [0.25, 0.3) is 0 Å². The van der Waals surface area contributed by atoms with Crippen molar-refractivity contribution < 1.29 is 8.42 Å². The van der Waals surface area contributed by atoms with Crippen LogP contribution in [0.15, 0.2) is 29.2 Å². The fourth-order valence-electron chi connectivity index (χ4n) is 1.50. The van der Waals surface area contributed by atoms with Gasteiger partial charge in [-0.05, 0) is 29.0 Å². The van der Waals surface area contributed by atoms with Gasteiger partial charge in [0.05, 0.1) is 4.90 Å². The molecular formula is C13H20O2S. The van der Waals surface area contributed by atoms with Crippen LogP contribution < -0.4 is 0 Å². The summed E-state index contributed by atoms with van der Waals surface area (Å²) in [5, 5.41) is 0. The van der Waals surface area contributed by atoms with Crippen LogP contribution in [0.5, 0.6) is 0 Å². The first-order valence-electron chi connectivity index (χ1n) is 5.42. The summed E-state index contributed by atoms with van der Waals surface area (Å²) in [5.41, 5.74) is 1.37. The molecule has 16 heavy (non-hydrogen) atoms. The normalized spacial score (nSPS) is 14.8. The summed E-state index contributed by atoms with van der Waals surface area (Å²) < 4.78 is 22.6. The molecule has 2 nitrogen and oxygen atoms in total. The van der Waals surface area contributed by atoms with Crippen molar-refractivity contribution in [2.75, 3.05) is 6.26 Å². The Bertz CT molecular complexity index is 450. The van der Waals surface area contributed by atoms with E-state index in [1.54, 1.807) is 12.1 Å². The van der Waals surface area contributed by atoms with Crippen LogP contribution in [0, 0.1) is 5.41 Å². The van der Waals surface area contributed by atoms with Crippen LogP contribution in [0.3, 0.4) is 0 Å². The zero-order valence-corrected chi connectivity index (χ0v) is 11.4. The molecule has 0 amide bonds. The van der Waals surface area contributed by atoms with Crippen molar-refractivity contribution >= 4 is 9.84 Å². The molecule has 1 rings (SSSR count). The molecule has 90 valence electrons. The fourth-order valence-corrected chi connectivity index (χ4v) is 2.13. The van der Waals surface area contributed by atoms with Crippen LogP contribution >= 0.6 is 0 Å². The van der Waals surface area contributed by atoms with E-state index in [1.807, 2.05) is 12.1 Å². The maximum Gasteiger partial charge on any atom is 0.175 e. The van der Waals surface area contributed by atoms with Gasteiger partial charge in [-0.2, -0.15) is 0 Å². The lowest BCUT2D eigenvalue weighted by atomic mass is 9.78. The summed E-state index contributed by atoms with van der Waals surface area (Å²) in [4.78, 5) is 0.386. The van der Waals surface area contributed by atoms with Crippen molar-refractivity contribution in [3.8, 4) is 0 Å². The maximum atomic E-state index is 11.3. The smallest absolute Gasteiger partial charge is 0.175 e. The molecule has 0 heterocycles. The summed E-state index contributed by atoms with van der Waals surface area (Å²) in [7, 11) is -3.08. The molecule has 0 aliphatic carbocycles. The van der Waals surface area contributed by atoms with Gasteiger partial charge in [0, 0.05) is 6.26 Å². The lowest BCUT2D eigenvalue weighted by Gasteiger charge is -2.27. The Morgan fingerprint density at radius 1 is 1.06 bits per heavy atom. The molecule has 0 spiro atoms. The molecule has 1 aromatic carbocycles. The van der Waals surface area contributed by atoms with Crippen LogP contribution in [-0.2, 0) is 9.84 Å². The number of benzene rings is 1. The number of sulfone groups is 1. The van der Waals surface area contributed by atoms with Crippen molar-refractivity contribution in [1.29, 1.82) is 0 Å². The standard InChI is InChI=1S/C13H20O2S/c1-10(13(2,3)4)11-6-8-12(9-7-11)16(5,14)15/h6-10H,1-5H3. The summed E-state index contributed by atoms with van der Waals surface area (Å²) in [6, 6.07) is 7.19. The molecule has 3 heteroatoms. The van der Waals surface area contributed by atoms with Gasteiger partial charge in [0.25, 0.3) is 0 Å². The Kier molecular flexibility index (Phi) is 3.48. The minimum absolute atomic E-state index is 0.187. The summed E-state index contributed by atoms with van der Waals surface area (Å²) in [6.07, 6.45) is 1.23. The third kappa shape index (κ3) is 3.08. The van der Waals surface area contributed by atoms with Crippen molar-refractivity contribution in [2.24, 2.45) is 5.41 Å². The maximum absolute atomic E-state index is 11.3. The Hall–Kier alpha value is -0.830. The SMILES string of the molecule is CC(c1ccc(S(C)(=O)=O)cc1)C(C)(C)C. The van der Waals surface area contributed by atoms with E-state index < -0.39 is 9.84 Å².